The van der Waals surface area contributed by atoms with E-state index in [1.165, 1.54) is 6.08 Å². The third-order valence-corrected chi connectivity index (χ3v) is 3.20. The molecule has 0 bridgehead atoms. The van der Waals surface area contributed by atoms with Gasteiger partial charge in [-0.2, -0.15) is 0 Å². The summed E-state index contributed by atoms with van der Waals surface area (Å²) in [6.45, 7) is 11.4. The van der Waals surface area contributed by atoms with Crippen LogP contribution in [0, 0.1) is 5.41 Å². The number of alkyl carbamates (subject to hydrolysis) is 1. The van der Waals surface area contributed by atoms with Gasteiger partial charge in [0.2, 0.25) is 11.8 Å². The van der Waals surface area contributed by atoms with Crippen molar-refractivity contribution >= 4 is 23.6 Å². The Bertz CT molecular complexity index is 728. The number of carbonyl (C=O) groups is 3. The number of ether oxygens (including phenoxy) is 1. The van der Waals surface area contributed by atoms with E-state index in [2.05, 4.69) is 16.0 Å². The second kappa shape index (κ2) is 9.92. The molecule has 3 amide bonds. The average molecular weight is 389 g/mol. The van der Waals surface area contributed by atoms with Crippen LogP contribution in [-0.4, -0.2) is 30.1 Å². The molecular weight excluding hydrogens is 358 g/mol. The summed E-state index contributed by atoms with van der Waals surface area (Å²) < 4.78 is 5.08. The van der Waals surface area contributed by atoms with E-state index >= 15 is 0 Å². The van der Waals surface area contributed by atoms with Gasteiger partial charge in [0.05, 0.1) is 0 Å². The molecule has 0 aromatic heterocycles. The van der Waals surface area contributed by atoms with Crippen LogP contribution in [0.4, 0.5) is 10.5 Å². The highest BCUT2D eigenvalue weighted by atomic mass is 16.6. The van der Waals surface area contributed by atoms with E-state index in [-0.39, 0.29) is 23.8 Å². The maximum atomic E-state index is 12.0. The van der Waals surface area contributed by atoms with Gasteiger partial charge >= 0.3 is 6.09 Å². The minimum atomic E-state index is -0.651. The van der Waals surface area contributed by atoms with Gasteiger partial charge in [-0.3, -0.25) is 9.59 Å². The lowest BCUT2D eigenvalue weighted by molar-refractivity contribution is -0.117. The number of hydrogen-bond acceptors (Lipinski definition) is 4. The minimum Gasteiger partial charge on any atom is -0.444 e. The van der Waals surface area contributed by atoms with Gasteiger partial charge < -0.3 is 20.7 Å². The number of allylic oxidation sites excluding steroid dienone is 1. The Balaban J connectivity index is 2.50. The predicted molar refractivity (Wildman–Crippen MR) is 110 cm³/mol. The lowest BCUT2D eigenvalue weighted by Gasteiger charge is -2.19. The minimum absolute atomic E-state index is 0.0606. The van der Waals surface area contributed by atoms with E-state index in [9.17, 15) is 14.4 Å². The standard InChI is InChI=1S/C21H31N3O4/c1-20(2,3)11-10-17(25)22-13-15-8-7-9-16(12-15)24-18(26)14-23-19(27)28-21(4,5)6/h7-12H,13-14H2,1-6H3,(H,22,25)(H,23,27)(H,24,26)/b11-10+. The van der Waals surface area contributed by atoms with Gasteiger partial charge in [0.1, 0.15) is 12.1 Å². The number of hydrogen-bond donors (Lipinski definition) is 3. The van der Waals surface area contributed by atoms with E-state index in [1.54, 1.807) is 39.0 Å². The second-order valence-corrected chi connectivity index (χ2v) is 8.52. The summed E-state index contributed by atoms with van der Waals surface area (Å²) in [6, 6.07) is 7.13. The van der Waals surface area contributed by atoms with E-state index in [1.807, 2.05) is 32.9 Å². The summed E-state index contributed by atoms with van der Waals surface area (Å²) in [5, 5.41) is 7.90. The number of rotatable bonds is 6. The Morgan fingerprint density at radius 2 is 1.71 bits per heavy atom. The molecule has 1 rings (SSSR count). The van der Waals surface area contributed by atoms with Crippen LogP contribution in [0.15, 0.2) is 36.4 Å². The van der Waals surface area contributed by atoms with Crippen LogP contribution >= 0.6 is 0 Å². The van der Waals surface area contributed by atoms with Gasteiger partial charge in [-0.25, -0.2) is 4.79 Å². The zero-order valence-corrected chi connectivity index (χ0v) is 17.5. The van der Waals surface area contributed by atoms with E-state index < -0.39 is 11.7 Å². The van der Waals surface area contributed by atoms with Crippen molar-refractivity contribution in [3.8, 4) is 0 Å². The first kappa shape index (κ1) is 23.2. The van der Waals surface area contributed by atoms with Crippen molar-refractivity contribution in [2.45, 2.75) is 53.7 Å². The van der Waals surface area contributed by atoms with Gasteiger partial charge in [-0.1, -0.05) is 39.0 Å². The molecule has 0 aliphatic rings. The Kier molecular flexibility index (Phi) is 8.22. The normalized spacial score (nSPS) is 11.8. The fraction of sp³-hybridized carbons (Fsp3) is 0.476. The highest BCUT2D eigenvalue weighted by Gasteiger charge is 2.16. The highest BCUT2D eigenvalue weighted by molar-refractivity contribution is 5.94. The molecule has 28 heavy (non-hydrogen) atoms. The van der Waals surface area contributed by atoms with Crippen molar-refractivity contribution in [3.05, 3.63) is 42.0 Å². The molecule has 0 heterocycles. The number of anilines is 1. The van der Waals surface area contributed by atoms with Crippen LogP contribution in [0.2, 0.25) is 0 Å². The van der Waals surface area contributed by atoms with Crippen LogP contribution in [0.1, 0.15) is 47.1 Å². The third kappa shape index (κ3) is 11.0. The smallest absolute Gasteiger partial charge is 0.408 e. The molecule has 0 unspecified atom stereocenters. The molecule has 7 heteroatoms. The first-order chi connectivity index (χ1) is 12.8. The maximum absolute atomic E-state index is 12.0. The molecule has 154 valence electrons. The quantitative estimate of drug-likeness (QED) is 0.650. The molecule has 0 fully saturated rings. The first-order valence-electron chi connectivity index (χ1n) is 9.17. The summed E-state index contributed by atoms with van der Waals surface area (Å²) >= 11 is 0. The molecule has 0 radical (unpaired) electrons. The fourth-order valence-electron chi connectivity index (χ4n) is 2.00. The van der Waals surface area contributed by atoms with E-state index in [4.69, 9.17) is 4.74 Å². The molecule has 7 nitrogen and oxygen atoms in total. The van der Waals surface area contributed by atoms with Crippen molar-refractivity contribution < 1.29 is 19.1 Å². The van der Waals surface area contributed by atoms with Crippen molar-refractivity contribution in [2.75, 3.05) is 11.9 Å². The fourth-order valence-corrected chi connectivity index (χ4v) is 2.00. The summed E-state index contributed by atoms with van der Waals surface area (Å²) in [4.78, 5) is 35.4. The molecule has 0 saturated carbocycles. The van der Waals surface area contributed by atoms with Crippen LogP contribution < -0.4 is 16.0 Å². The lowest BCUT2D eigenvalue weighted by Crippen LogP contribution is -2.37. The topological polar surface area (TPSA) is 96.5 Å². The van der Waals surface area contributed by atoms with Gasteiger partial charge in [-0.05, 0) is 50.0 Å². The summed E-state index contributed by atoms with van der Waals surface area (Å²) in [7, 11) is 0. The van der Waals surface area contributed by atoms with Gasteiger partial charge in [-0.15, -0.1) is 0 Å². The summed E-state index contributed by atoms with van der Waals surface area (Å²) in [6.07, 6.45) is 2.72. The zero-order chi connectivity index (χ0) is 21.4. The van der Waals surface area contributed by atoms with Crippen LogP contribution in [0.5, 0.6) is 0 Å². The van der Waals surface area contributed by atoms with Crippen molar-refractivity contribution in [1.82, 2.24) is 10.6 Å². The SMILES string of the molecule is CC(C)(C)/C=C/C(=O)NCc1cccc(NC(=O)CNC(=O)OC(C)(C)C)c1. The van der Waals surface area contributed by atoms with Crippen LogP contribution in [0.3, 0.4) is 0 Å². The molecule has 0 saturated heterocycles. The monoisotopic (exact) mass is 389 g/mol. The zero-order valence-electron chi connectivity index (χ0n) is 17.5. The Morgan fingerprint density at radius 3 is 2.32 bits per heavy atom. The Hall–Kier alpha value is -2.83. The van der Waals surface area contributed by atoms with Gasteiger partial charge in [0, 0.05) is 12.2 Å². The predicted octanol–water partition coefficient (Wildman–Crippen LogP) is 3.37. The van der Waals surface area contributed by atoms with Crippen LogP contribution in [-0.2, 0) is 20.9 Å². The molecule has 0 aliphatic carbocycles. The Morgan fingerprint density at radius 1 is 1.04 bits per heavy atom. The largest absolute Gasteiger partial charge is 0.444 e. The van der Waals surface area contributed by atoms with Gasteiger partial charge in [0.15, 0.2) is 0 Å². The van der Waals surface area contributed by atoms with E-state index in [0.29, 0.717) is 12.2 Å². The number of nitrogens with one attached hydrogen (secondary N) is 3. The van der Waals surface area contributed by atoms with Crippen molar-refractivity contribution in [1.29, 1.82) is 0 Å². The summed E-state index contributed by atoms with van der Waals surface area (Å²) in [5.41, 5.74) is 0.736. The van der Waals surface area contributed by atoms with E-state index in [0.717, 1.165) is 5.56 Å². The van der Waals surface area contributed by atoms with Crippen molar-refractivity contribution in [2.24, 2.45) is 5.41 Å². The molecule has 3 N–H and O–H groups in total. The molecule has 0 spiro atoms. The van der Waals surface area contributed by atoms with Crippen LogP contribution in [0.25, 0.3) is 0 Å². The molecule has 1 aromatic rings. The average Bonchev–Trinajstić information content (AvgIpc) is 2.54. The van der Waals surface area contributed by atoms with Crippen molar-refractivity contribution in [3.63, 3.8) is 0 Å². The highest BCUT2D eigenvalue weighted by Crippen LogP contribution is 2.14. The Labute approximate surface area is 166 Å². The molecular formula is C21H31N3O4. The second-order valence-electron chi connectivity index (χ2n) is 8.52. The maximum Gasteiger partial charge on any atom is 0.408 e. The molecule has 0 atom stereocenters. The lowest BCUT2D eigenvalue weighted by atomic mass is 9.96. The number of carbonyl (C=O) groups excluding carboxylic acids is 3. The third-order valence-electron chi connectivity index (χ3n) is 3.20. The number of benzene rings is 1. The summed E-state index contributed by atoms with van der Waals surface area (Å²) in [5.74, 6) is -0.550. The van der Waals surface area contributed by atoms with Gasteiger partial charge in [0.25, 0.3) is 0 Å². The first-order valence-corrected chi connectivity index (χ1v) is 9.17. The number of amides is 3. The molecule has 0 aliphatic heterocycles. The molecule has 1 aromatic carbocycles.